The fourth-order valence-electron chi connectivity index (χ4n) is 1.96. The van der Waals surface area contributed by atoms with Crippen LogP contribution in [0, 0.1) is 0 Å². The number of rotatable bonds is 5. The molecule has 0 saturated heterocycles. The maximum absolute atomic E-state index is 12.1. The summed E-state index contributed by atoms with van der Waals surface area (Å²) in [5, 5.41) is 10.9. The lowest BCUT2D eigenvalue weighted by molar-refractivity contribution is -0.116. The number of aryl methyl sites for hydroxylation is 1. The molecule has 0 spiro atoms. The first-order chi connectivity index (χ1) is 9.87. The van der Waals surface area contributed by atoms with Crippen LogP contribution >= 0.6 is 0 Å². The molecule has 0 bridgehead atoms. The van der Waals surface area contributed by atoms with Gasteiger partial charge in [-0.2, -0.15) is 0 Å². The Hall–Kier alpha value is -2.21. The van der Waals surface area contributed by atoms with Crippen molar-refractivity contribution in [3.05, 3.63) is 30.6 Å². The van der Waals surface area contributed by atoms with Crippen molar-refractivity contribution in [2.75, 3.05) is 5.32 Å². The lowest BCUT2D eigenvalue weighted by Gasteiger charge is -2.18. The molecule has 6 heteroatoms. The van der Waals surface area contributed by atoms with Gasteiger partial charge < -0.3 is 15.6 Å². The van der Waals surface area contributed by atoms with E-state index in [9.17, 15) is 4.79 Å². The van der Waals surface area contributed by atoms with E-state index in [1.165, 1.54) is 0 Å². The second-order valence-corrected chi connectivity index (χ2v) is 5.85. The van der Waals surface area contributed by atoms with Gasteiger partial charge in [-0.3, -0.25) is 4.79 Å². The summed E-state index contributed by atoms with van der Waals surface area (Å²) < 4.78 is 1.81. The van der Waals surface area contributed by atoms with Gasteiger partial charge in [0.15, 0.2) is 5.82 Å². The van der Waals surface area contributed by atoms with E-state index in [4.69, 9.17) is 5.73 Å². The molecule has 0 atom stereocenters. The maximum atomic E-state index is 12.1. The van der Waals surface area contributed by atoms with Crippen molar-refractivity contribution >= 4 is 11.6 Å². The summed E-state index contributed by atoms with van der Waals surface area (Å²) in [5.74, 6) is 0.660. The van der Waals surface area contributed by atoms with Crippen molar-refractivity contribution in [3.63, 3.8) is 0 Å². The van der Waals surface area contributed by atoms with Gasteiger partial charge in [0.05, 0.1) is 5.69 Å². The Kier molecular flexibility index (Phi) is 4.37. The van der Waals surface area contributed by atoms with Crippen molar-refractivity contribution in [3.8, 4) is 11.4 Å². The van der Waals surface area contributed by atoms with Crippen LogP contribution in [0.25, 0.3) is 11.4 Å². The summed E-state index contributed by atoms with van der Waals surface area (Å²) in [4.78, 5) is 12.1. The zero-order valence-corrected chi connectivity index (χ0v) is 12.6. The van der Waals surface area contributed by atoms with Crippen LogP contribution in [0.1, 0.15) is 26.7 Å². The molecule has 2 aromatic rings. The number of hydrogen-bond acceptors (Lipinski definition) is 4. The first-order valence-corrected chi connectivity index (χ1v) is 6.89. The monoisotopic (exact) mass is 287 g/mol. The smallest absolute Gasteiger partial charge is 0.224 e. The Morgan fingerprint density at radius 1 is 1.38 bits per heavy atom. The van der Waals surface area contributed by atoms with Gasteiger partial charge in [0, 0.05) is 24.6 Å². The summed E-state index contributed by atoms with van der Waals surface area (Å²) in [5.41, 5.74) is 7.13. The fourth-order valence-corrected chi connectivity index (χ4v) is 1.96. The molecule has 0 aliphatic carbocycles. The number of amides is 1. The molecule has 6 nitrogen and oxygen atoms in total. The first kappa shape index (κ1) is 15.2. The highest BCUT2D eigenvalue weighted by Gasteiger charge is 2.15. The minimum Gasteiger partial charge on any atom is -0.326 e. The molecule has 1 aromatic heterocycles. The highest BCUT2D eigenvalue weighted by atomic mass is 16.1. The van der Waals surface area contributed by atoms with E-state index >= 15 is 0 Å². The summed E-state index contributed by atoms with van der Waals surface area (Å²) in [6.07, 6.45) is 2.65. The number of hydrogen-bond donors (Lipinski definition) is 2. The largest absolute Gasteiger partial charge is 0.326 e. The molecule has 21 heavy (non-hydrogen) atoms. The average molecular weight is 287 g/mol. The van der Waals surface area contributed by atoms with Gasteiger partial charge in [-0.05, 0) is 32.4 Å². The number of benzene rings is 1. The van der Waals surface area contributed by atoms with Crippen molar-refractivity contribution in [2.45, 2.75) is 32.2 Å². The topological polar surface area (TPSA) is 85.8 Å². The highest BCUT2D eigenvalue weighted by molar-refractivity contribution is 5.94. The molecule has 0 saturated carbocycles. The van der Waals surface area contributed by atoms with E-state index in [0.29, 0.717) is 18.7 Å². The second kappa shape index (κ2) is 6.05. The van der Waals surface area contributed by atoms with Gasteiger partial charge in [0.2, 0.25) is 5.91 Å². The molecule has 112 valence electrons. The lowest BCUT2D eigenvalue weighted by Crippen LogP contribution is -2.33. The molecule has 0 fully saturated rings. The van der Waals surface area contributed by atoms with E-state index < -0.39 is 0 Å². The molecule has 1 heterocycles. The second-order valence-electron chi connectivity index (χ2n) is 5.85. The van der Waals surface area contributed by atoms with Crippen molar-refractivity contribution in [2.24, 2.45) is 12.8 Å². The van der Waals surface area contributed by atoms with Crippen LogP contribution in [0.4, 0.5) is 5.69 Å². The molecule has 0 radical (unpaired) electrons. The number of nitrogens with one attached hydrogen (secondary N) is 1. The minimum atomic E-state index is -0.347. The van der Waals surface area contributed by atoms with Gasteiger partial charge in [-0.25, -0.2) is 0 Å². The predicted octanol–water partition coefficient (Wildman–Crippen LogP) is 1.94. The molecule has 3 N–H and O–H groups in total. The van der Waals surface area contributed by atoms with E-state index in [0.717, 1.165) is 11.3 Å². The number of carbonyl (C=O) groups excluding carboxylic acids is 1. The summed E-state index contributed by atoms with van der Waals surface area (Å²) in [6.45, 7) is 3.82. The Morgan fingerprint density at radius 2 is 2.10 bits per heavy atom. The molecule has 1 amide bonds. The summed E-state index contributed by atoms with van der Waals surface area (Å²) in [6, 6.07) is 7.55. The lowest BCUT2D eigenvalue weighted by atomic mass is 10.00. The van der Waals surface area contributed by atoms with E-state index in [-0.39, 0.29) is 11.4 Å². The first-order valence-electron chi connectivity index (χ1n) is 6.89. The van der Waals surface area contributed by atoms with E-state index in [2.05, 4.69) is 15.5 Å². The van der Waals surface area contributed by atoms with Gasteiger partial charge in [0.25, 0.3) is 0 Å². The molecule has 0 aliphatic heterocycles. The van der Waals surface area contributed by atoms with Crippen LogP contribution in [-0.2, 0) is 11.8 Å². The molecule has 2 rings (SSSR count). The van der Waals surface area contributed by atoms with E-state index in [1.54, 1.807) is 6.33 Å². The van der Waals surface area contributed by atoms with Crippen LogP contribution in [0.15, 0.2) is 30.6 Å². The Balaban J connectivity index is 2.14. The van der Waals surface area contributed by atoms with Crippen molar-refractivity contribution < 1.29 is 4.79 Å². The third kappa shape index (κ3) is 4.13. The van der Waals surface area contributed by atoms with Crippen molar-refractivity contribution in [1.29, 1.82) is 0 Å². The Morgan fingerprint density at radius 3 is 2.71 bits per heavy atom. The van der Waals surface area contributed by atoms with Crippen LogP contribution in [0.2, 0.25) is 0 Å². The van der Waals surface area contributed by atoms with Gasteiger partial charge in [-0.15, -0.1) is 10.2 Å². The average Bonchev–Trinajstić information content (AvgIpc) is 2.82. The molecular weight excluding hydrogens is 266 g/mol. The fraction of sp³-hybridized carbons (Fsp3) is 0.400. The normalized spacial score (nSPS) is 11.4. The third-order valence-corrected chi connectivity index (χ3v) is 3.15. The maximum Gasteiger partial charge on any atom is 0.224 e. The number of aromatic nitrogens is 3. The SMILES string of the molecule is Cn1cnnc1-c1ccccc1NC(=O)CCC(C)(C)N. The molecule has 0 unspecified atom stereocenters. The number of nitrogens with two attached hydrogens (primary N) is 1. The standard InChI is InChI=1S/C15H21N5O/c1-15(2,16)9-8-13(21)18-12-7-5-4-6-11(12)14-19-17-10-20(14)3/h4-7,10H,8-9,16H2,1-3H3,(H,18,21). The third-order valence-electron chi connectivity index (χ3n) is 3.15. The number of para-hydroxylation sites is 1. The van der Waals surface area contributed by atoms with Gasteiger partial charge in [0.1, 0.15) is 6.33 Å². The zero-order valence-electron chi connectivity index (χ0n) is 12.6. The van der Waals surface area contributed by atoms with Crippen molar-refractivity contribution in [1.82, 2.24) is 14.8 Å². The molecule has 0 aliphatic rings. The quantitative estimate of drug-likeness (QED) is 0.880. The highest BCUT2D eigenvalue weighted by Crippen LogP contribution is 2.25. The molecule has 1 aromatic carbocycles. The van der Waals surface area contributed by atoms with Crippen LogP contribution in [0.3, 0.4) is 0 Å². The van der Waals surface area contributed by atoms with Gasteiger partial charge in [-0.1, -0.05) is 12.1 Å². The zero-order chi connectivity index (χ0) is 15.5. The van der Waals surface area contributed by atoms with Crippen LogP contribution < -0.4 is 11.1 Å². The number of nitrogens with zero attached hydrogens (tertiary/aromatic N) is 3. The Labute approximate surface area is 124 Å². The molecular formula is C15H21N5O. The van der Waals surface area contributed by atoms with E-state index in [1.807, 2.05) is 49.7 Å². The van der Waals surface area contributed by atoms with Crippen LogP contribution in [0.5, 0.6) is 0 Å². The minimum absolute atomic E-state index is 0.0526. The number of carbonyl (C=O) groups is 1. The Bertz CT molecular complexity index is 627. The number of anilines is 1. The predicted molar refractivity (Wildman–Crippen MR) is 82.6 cm³/mol. The van der Waals surface area contributed by atoms with Crippen LogP contribution in [-0.4, -0.2) is 26.2 Å². The summed E-state index contributed by atoms with van der Waals surface area (Å²) in [7, 11) is 1.87. The van der Waals surface area contributed by atoms with Gasteiger partial charge >= 0.3 is 0 Å². The summed E-state index contributed by atoms with van der Waals surface area (Å²) >= 11 is 0.